The lowest BCUT2D eigenvalue weighted by Crippen LogP contribution is -2.16. The molecule has 3 N–H and O–H groups in total. The van der Waals surface area contributed by atoms with Crippen LogP contribution in [0, 0.1) is 5.92 Å². The van der Waals surface area contributed by atoms with Gasteiger partial charge in [0.1, 0.15) is 0 Å². The number of nitrogen functional groups attached to an aromatic ring is 1. The fourth-order valence-corrected chi connectivity index (χ4v) is 1.45. The molecule has 0 spiro atoms. The molecule has 0 heterocycles. The minimum Gasteiger partial charge on any atom is -0.399 e. The van der Waals surface area contributed by atoms with E-state index in [-0.39, 0.29) is 0 Å². The molecule has 2 nitrogen and oxygen atoms in total. The van der Waals surface area contributed by atoms with E-state index in [1.807, 2.05) is 18.2 Å². The highest BCUT2D eigenvalue weighted by Gasteiger charge is 2.19. The second-order valence-electron chi connectivity index (χ2n) is 3.82. The fraction of sp³-hybridized carbons (Fsp3) is 0.455. The monoisotopic (exact) mass is 176 g/mol. The molecule has 2 rings (SSSR count). The average molecular weight is 176 g/mol. The van der Waals surface area contributed by atoms with Crippen molar-refractivity contribution in [1.29, 1.82) is 0 Å². The van der Waals surface area contributed by atoms with Gasteiger partial charge < -0.3 is 11.1 Å². The van der Waals surface area contributed by atoms with Crippen molar-refractivity contribution in [3.63, 3.8) is 0 Å². The SMILES string of the molecule is Nc1cccc(CNCC2CC2)c1. The highest BCUT2D eigenvalue weighted by molar-refractivity contribution is 5.40. The van der Waals surface area contributed by atoms with Crippen LogP contribution in [-0.4, -0.2) is 6.54 Å². The van der Waals surface area contributed by atoms with Crippen molar-refractivity contribution in [3.8, 4) is 0 Å². The summed E-state index contributed by atoms with van der Waals surface area (Å²) in [5, 5.41) is 3.44. The van der Waals surface area contributed by atoms with Crippen molar-refractivity contribution in [2.24, 2.45) is 5.92 Å². The molecule has 2 heteroatoms. The molecule has 1 fully saturated rings. The summed E-state index contributed by atoms with van der Waals surface area (Å²) >= 11 is 0. The first-order valence-electron chi connectivity index (χ1n) is 4.90. The Morgan fingerprint density at radius 3 is 2.92 bits per heavy atom. The summed E-state index contributed by atoms with van der Waals surface area (Å²) in [6.45, 7) is 2.11. The van der Waals surface area contributed by atoms with Crippen molar-refractivity contribution in [1.82, 2.24) is 5.32 Å². The van der Waals surface area contributed by atoms with Gasteiger partial charge in [-0.25, -0.2) is 0 Å². The third-order valence-corrected chi connectivity index (χ3v) is 2.41. The number of hydrogen-bond acceptors (Lipinski definition) is 2. The summed E-state index contributed by atoms with van der Waals surface area (Å²) in [4.78, 5) is 0. The van der Waals surface area contributed by atoms with Gasteiger partial charge in [0.15, 0.2) is 0 Å². The molecule has 0 atom stereocenters. The van der Waals surface area contributed by atoms with Crippen LogP contribution < -0.4 is 11.1 Å². The smallest absolute Gasteiger partial charge is 0.0317 e. The van der Waals surface area contributed by atoms with Gasteiger partial charge in [-0.3, -0.25) is 0 Å². The minimum atomic E-state index is 0.853. The van der Waals surface area contributed by atoms with Gasteiger partial charge in [0.2, 0.25) is 0 Å². The highest BCUT2D eigenvalue weighted by atomic mass is 14.9. The number of rotatable bonds is 4. The van der Waals surface area contributed by atoms with Crippen LogP contribution in [0.3, 0.4) is 0 Å². The predicted molar refractivity (Wildman–Crippen MR) is 55.3 cm³/mol. The predicted octanol–water partition coefficient (Wildman–Crippen LogP) is 1.77. The van der Waals surface area contributed by atoms with Crippen LogP contribution >= 0.6 is 0 Å². The molecule has 0 aliphatic heterocycles. The van der Waals surface area contributed by atoms with Gasteiger partial charge in [-0.15, -0.1) is 0 Å². The first-order chi connectivity index (χ1) is 6.34. The van der Waals surface area contributed by atoms with Gasteiger partial charge in [-0.05, 0) is 43.0 Å². The Labute approximate surface area is 79.1 Å². The van der Waals surface area contributed by atoms with E-state index in [9.17, 15) is 0 Å². The number of anilines is 1. The van der Waals surface area contributed by atoms with Crippen molar-refractivity contribution < 1.29 is 0 Å². The zero-order valence-electron chi connectivity index (χ0n) is 7.79. The van der Waals surface area contributed by atoms with Gasteiger partial charge in [0, 0.05) is 12.2 Å². The van der Waals surface area contributed by atoms with Crippen molar-refractivity contribution in [3.05, 3.63) is 29.8 Å². The van der Waals surface area contributed by atoms with Gasteiger partial charge >= 0.3 is 0 Å². The maximum atomic E-state index is 5.67. The minimum absolute atomic E-state index is 0.853. The normalized spacial score (nSPS) is 16.0. The Kier molecular flexibility index (Phi) is 2.50. The zero-order chi connectivity index (χ0) is 9.10. The summed E-state index contributed by atoms with van der Waals surface area (Å²) in [6, 6.07) is 8.06. The van der Waals surface area contributed by atoms with Gasteiger partial charge in [0.05, 0.1) is 0 Å². The first kappa shape index (κ1) is 8.57. The lowest BCUT2D eigenvalue weighted by molar-refractivity contribution is 0.639. The summed E-state index contributed by atoms with van der Waals surface area (Å²) < 4.78 is 0. The molecule has 0 aromatic heterocycles. The molecule has 1 saturated carbocycles. The molecule has 13 heavy (non-hydrogen) atoms. The molecule has 0 radical (unpaired) electrons. The van der Waals surface area contributed by atoms with Gasteiger partial charge in [0.25, 0.3) is 0 Å². The summed E-state index contributed by atoms with van der Waals surface area (Å²) in [6.07, 6.45) is 2.81. The third kappa shape index (κ3) is 2.74. The number of nitrogens with one attached hydrogen (secondary N) is 1. The fourth-order valence-electron chi connectivity index (χ4n) is 1.45. The summed E-state index contributed by atoms with van der Waals surface area (Å²) in [5.41, 5.74) is 7.81. The van der Waals surface area contributed by atoms with E-state index < -0.39 is 0 Å². The molecule has 70 valence electrons. The first-order valence-corrected chi connectivity index (χ1v) is 4.90. The lowest BCUT2D eigenvalue weighted by Gasteiger charge is -2.04. The second-order valence-corrected chi connectivity index (χ2v) is 3.82. The molecule has 0 bridgehead atoms. The summed E-state index contributed by atoms with van der Waals surface area (Å²) in [7, 11) is 0. The van der Waals surface area contributed by atoms with E-state index in [2.05, 4.69) is 11.4 Å². The molecule has 0 saturated heterocycles. The highest BCUT2D eigenvalue weighted by Crippen LogP contribution is 2.27. The quantitative estimate of drug-likeness (QED) is 0.686. The Balaban J connectivity index is 1.79. The molecule has 1 aliphatic rings. The largest absolute Gasteiger partial charge is 0.399 e. The van der Waals surface area contributed by atoms with E-state index >= 15 is 0 Å². The van der Waals surface area contributed by atoms with Gasteiger partial charge in [-0.2, -0.15) is 0 Å². The topological polar surface area (TPSA) is 38.0 Å². The molecule has 1 aromatic carbocycles. The standard InChI is InChI=1S/C11H16N2/c12-11-3-1-2-10(6-11)8-13-7-9-4-5-9/h1-3,6,9,13H,4-5,7-8,12H2. The zero-order valence-corrected chi connectivity index (χ0v) is 7.79. The van der Waals surface area contributed by atoms with Crippen molar-refractivity contribution >= 4 is 5.69 Å². The second kappa shape index (κ2) is 3.79. The molecule has 0 amide bonds. The van der Waals surface area contributed by atoms with Crippen LogP contribution in [0.1, 0.15) is 18.4 Å². The Morgan fingerprint density at radius 1 is 1.38 bits per heavy atom. The van der Waals surface area contributed by atoms with E-state index in [1.165, 1.54) is 18.4 Å². The van der Waals surface area contributed by atoms with Crippen LogP contribution in [0.15, 0.2) is 24.3 Å². The maximum Gasteiger partial charge on any atom is 0.0317 e. The number of benzene rings is 1. The van der Waals surface area contributed by atoms with Crippen LogP contribution in [0.5, 0.6) is 0 Å². The Morgan fingerprint density at radius 2 is 2.23 bits per heavy atom. The van der Waals surface area contributed by atoms with Crippen molar-refractivity contribution in [2.75, 3.05) is 12.3 Å². The molecular formula is C11H16N2. The third-order valence-electron chi connectivity index (χ3n) is 2.41. The maximum absolute atomic E-state index is 5.67. The van der Waals surface area contributed by atoms with Crippen LogP contribution in [-0.2, 0) is 6.54 Å². The number of hydrogen-bond donors (Lipinski definition) is 2. The van der Waals surface area contributed by atoms with Gasteiger partial charge in [-0.1, -0.05) is 12.1 Å². The van der Waals surface area contributed by atoms with Crippen LogP contribution in [0.2, 0.25) is 0 Å². The molecule has 1 aliphatic carbocycles. The summed E-state index contributed by atoms with van der Waals surface area (Å²) in [5.74, 6) is 0.945. The van der Waals surface area contributed by atoms with E-state index in [4.69, 9.17) is 5.73 Å². The number of nitrogens with two attached hydrogens (primary N) is 1. The van der Waals surface area contributed by atoms with Crippen LogP contribution in [0.25, 0.3) is 0 Å². The van der Waals surface area contributed by atoms with Crippen LogP contribution in [0.4, 0.5) is 5.69 Å². The Bertz CT molecular complexity index is 279. The lowest BCUT2D eigenvalue weighted by atomic mass is 10.2. The Hall–Kier alpha value is -1.02. The average Bonchev–Trinajstić information content (AvgIpc) is 2.88. The van der Waals surface area contributed by atoms with E-state index in [0.29, 0.717) is 0 Å². The van der Waals surface area contributed by atoms with E-state index in [0.717, 1.165) is 24.7 Å². The molecule has 1 aromatic rings. The molecular weight excluding hydrogens is 160 g/mol. The van der Waals surface area contributed by atoms with Crippen molar-refractivity contribution in [2.45, 2.75) is 19.4 Å². The molecule has 0 unspecified atom stereocenters. The van der Waals surface area contributed by atoms with E-state index in [1.54, 1.807) is 0 Å².